The van der Waals surface area contributed by atoms with E-state index in [1.54, 1.807) is 20.3 Å². The van der Waals surface area contributed by atoms with Crippen LogP contribution in [-0.4, -0.2) is 44.8 Å². The first-order valence-corrected chi connectivity index (χ1v) is 7.39. The molecule has 1 aromatic rings. The van der Waals surface area contributed by atoms with Crippen LogP contribution in [-0.2, 0) is 0 Å². The van der Waals surface area contributed by atoms with Crippen LogP contribution in [0.4, 0.5) is 5.69 Å². The SMILES string of the molecule is C#CCN1CCC(Nc2cc(OC)c(Cl)cc2OC)CC1. The molecule has 1 aliphatic rings. The minimum atomic E-state index is 0.402. The summed E-state index contributed by atoms with van der Waals surface area (Å²) < 4.78 is 10.7. The second-order valence-electron chi connectivity index (χ2n) is 5.09. The summed E-state index contributed by atoms with van der Waals surface area (Å²) in [6.45, 7) is 2.74. The normalized spacial score (nSPS) is 16.3. The zero-order valence-corrected chi connectivity index (χ0v) is 13.2. The maximum absolute atomic E-state index is 6.12. The Morgan fingerprint density at radius 1 is 1.29 bits per heavy atom. The van der Waals surface area contributed by atoms with Crippen molar-refractivity contribution in [1.29, 1.82) is 0 Å². The van der Waals surface area contributed by atoms with Gasteiger partial charge in [-0.25, -0.2) is 0 Å². The first kappa shape index (κ1) is 15.8. The lowest BCUT2D eigenvalue weighted by atomic mass is 10.0. The van der Waals surface area contributed by atoms with E-state index in [9.17, 15) is 0 Å². The topological polar surface area (TPSA) is 33.7 Å². The summed E-state index contributed by atoms with van der Waals surface area (Å²) in [5, 5.41) is 4.07. The molecule has 1 aromatic carbocycles. The van der Waals surface area contributed by atoms with Crippen LogP contribution in [0.5, 0.6) is 11.5 Å². The lowest BCUT2D eigenvalue weighted by molar-refractivity contribution is 0.243. The number of nitrogens with one attached hydrogen (secondary N) is 1. The Morgan fingerprint density at radius 2 is 1.95 bits per heavy atom. The third-order valence-corrected chi connectivity index (χ3v) is 4.03. The Bertz CT molecular complexity index is 520. The first-order chi connectivity index (χ1) is 10.2. The number of methoxy groups -OCH3 is 2. The Balaban J connectivity index is 2.04. The van der Waals surface area contributed by atoms with Gasteiger partial charge in [-0.2, -0.15) is 0 Å². The van der Waals surface area contributed by atoms with E-state index in [2.05, 4.69) is 16.1 Å². The van der Waals surface area contributed by atoms with Crippen LogP contribution in [0.25, 0.3) is 0 Å². The number of hydrogen-bond donors (Lipinski definition) is 1. The van der Waals surface area contributed by atoms with Gasteiger partial charge in [0.15, 0.2) is 0 Å². The van der Waals surface area contributed by atoms with Gasteiger partial charge in [0.2, 0.25) is 0 Å². The molecule has 114 valence electrons. The Hall–Kier alpha value is -1.57. The van der Waals surface area contributed by atoms with Gasteiger partial charge < -0.3 is 14.8 Å². The predicted octanol–water partition coefficient (Wildman–Crippen LogP) is 2.87. The highest BCUT2D eigenvalue weighted by Crippen LogP contribution is 2.36. The molecular weight excluding hydrogens is 288 g/mol. The summed E-state index contributed by atoms with van der Waals surface area (Å²) in [7, 11) is 3.24. The van der Waals surface area contributed by atoms with Crippen LogP contribution in [0, 0.1) is 12.3 Å². The number of nitrogens with zero attached hydrogens (tertiary/aromatic N) is 1. The highest BCUT2D eigenvalue weighted by atomic mass is 35.5. The second kappa shape index (κ2) is 7.44. The fourth-order valence-electron chi connectivity index (χ4n) is 2.56. The van der Waals surface area contributed by atoms with Gasteiger partial charge in [-0.15, -0.1) is 6.42 Å². The van der Waals surface area contributed by atoms with Gasteiger partial charge in [0, 0.05) is 31.3 Å². The standard InChI is InChI=1S/C16H21ClN2O2/c1-4-7-19-8-5-12(6-9-19)18-14-11-15(20-2)13(17)10-16(14)21-3/h1,10-12,18H,5-9H2,2-3H3. The minimum Gasteiger partial charge on any atom is -0.495 e. The highest BCUT2D eigenvalue weighted by molar-refractivity contribution is 6.32. The van der Waals surface area contributed by atoms with Crippen LogP contribution < -0.4 is 14.8 Å². The molecule has 0 aliphatic carbocycles. The summed E-state index contributed by atoms with van der Waals surface area (Å²) in [4.78, 5) is 2.29. The minimum absolute atomic E-state index is 0.402. The lowest BCUT2D eigenvalue weighted by Crippen LogP contribution is -2.39. The monoisotopic (exact) mass is 308 g/mol. The zero-order chi connectivity index (χ0) is 15.2. The van der Waals surface area contributed by atoms with Gasteiger partial charge in [0.05, 0.1) is 31.5 Å². The van der Waals surface area contributed by atoms with Crippen LogP contribution >= 0.6 is 11.6 Å². The number of piperidine rings is 1. The second-order valence-corrected chi connectivity index (χ2v) is 5.49. The molecule has 0 radical (unpaired) electrons. The smallest absolute Gasteiger partial charge is 0.143 e. The molecular formula is C16H21ClN2O2. The molecule has 1 N–H and O–H groups in total. The van der Waals surface area contributed by atoms with Crippen molar-refractivity contribution >= 4 is 17.3 Å². The maximum Gasteiger partial charge on any atom is 0.143 e. The summed E-state index contributed by atoms with van der Waals surface area (Å²) in [6, 6.07) is 4.06. The van der Waals surface area contributed by atoms with Crippen molar-refractivity contribution in [1.82, 2.24) is 4.90 Å². The number of anilines is 1. The average molecular weight is 309 g/mol. The predicted molar refractivity (Wildman–Crippen MR) is 86.5 cm³/mol. The van der Waals surface area contributed by atoms with Gasteiger partial charge in [0.25, 0.3) is 0 Å². The van der Waals surface area contributed by atoms with Crippen LogP contribution in [0.2, 0.25) is 5.02 Å². The molecule has 0 amide bonds. The molecule has 0 saturated carbocycles. The van der Waals surface area contributed by atoms with Crippen molar-refractivity contribution in [3.05, 3.63) is 17.2 Å². The quantitative estimate of drug-likeness (QED) is 0.848. The van der Waals surface area contributed by atoms with Gasteiger partial charge in [-0.1, -0.05) is 17.5 Å². The number of ether oxygens (including phenoxy) is 2. The van der Waals surface area contributed by atoms with E-state index in [0.29, 0.717) is 16.8 Å². The molecule has 0 unspecified atom stereocenters. The maximum atomic E-state index is 6.12. The molecule has 4 nitrogen and oxygen atoms in total. The molecule has 1 heterocycles. The summed E-state index contributed by atoms with van der Waals surface area (Å²) in [5.41, 5.74) is 0.911. The molecule has 1 fully saturated rings. The molecule has 2 rings (SSSR count). The van der Waals surface area contributed by atoms with E-state index in [1.165, 1.54) is 0 Å². The van der Waals surface area contributed by atoms with Crippen molar-refractivity contribution < 1.29 is 9.47 Å². The van der Waals surface area contributed by atoms with Crippen molar-refractivity contribution in [2.24, 2.45) is 0 Å². The van der Waals surface area contributed by atoms with E-state index >= 15 is 0 Å². The summed E-state index contributed by atoms with van der Waals surface area (Å²) >= 11 is 6.12. The van der Waals surface area contributed by atoms with E-state index in [4.69, 9.17) is 27.5 Å². The lowest BCUT2D eigenvalue weighted by Gasteiger charge is -2.32. The van der Waals surface area contributed by atoms with Gasteiger partial charge >= 0.3 is 0 Å². The van der Waals surface area contributed by atoms with Crippen LogP contribution in [0.1, 0.15) is 12.8 Å². The zero-order valence-electron chi connectivity index (χ0n) is 12.5. The van der Waals surface area contributed by atoms with E-state index in [-0.39, 0.29) is 0 Å². The molecule has 0 atom stereocenters. The molecule has 1 aliphatic heterocycles. The summed E-state index contributed by atoms with van der Waals surface area (Å²) in [5.74, 6) is 4.07. The number of likely N-dealkylation sites (tertiary alicyclic amines) is 1. The largest absolute Gasteiger partial charge is 0.495 e. The molecule has 21 heavy (non-hydrogen) atoms. The molecule has 1 saturated heterocycles. The number of hydrogen-bond acceptors (Lipinski definition) is 4. The third kappa shape index (κ3) is 3.96. The van der Waals surface area contributed by atoms with Gasteiger partial charge in [0.1, 0.15) is 11.5 Å². The average Bonchev–Trinajstić information content (AvgIpc) is 2.50. The Kier molecular flexibility index (Phi) is 5.60. The Labute approximate surface area is 131 Å². The first-order valence-electron chi connectivity index (χ1n) is 7.01. The summed E-state index contributed by atoms with van der Waals surface area (Å²) in [6.07, 6.45) is 7.45. The third-order valence-electron chi connectivity index (χ3n) is 3.74. The van der Waals surface area contributed by atoms with E-state index in [0.717, 1.165) is 43.9 Å². The molecule has 0 spiro atoms. The number of rotatable bonds is 5. The van der Waals surface area contributed by atoms with Crippen LogP contribution in [0.3, 0.4) is 0 Å². The number of terminal acetylenes is 1. The molecule has 0 aromatic heterocycles. The van der Waals surface area contributed by atoms with E-state index in [1.807, 2.05) is 6.07 Å². The fourth-order valence-corrected chi connectivity index (χ4v) is 2.79. The van der Waals surface area contributed by atoms with Crippen molar-refractivity contribution in [2.45, 2.75) is 18.9 Å². The Morgan fingerprint density at radius 3 is 2.52 bits per heavy atom. The van der Waals surface area contributed by atoms with Gasteiger partial charge in [-0.05, 0) is 12.8 Å². The molecule has 5 heteroatoms. The number of benzene rings is 1. The molecule has 0 bridgehead atoms. The van der Waals surface area contributed by atoms with Crippen LogP contribution in [0.15, 0.2) is 12.1 Å². The van der Waals surface area contributed by atoms with Crippen molar-refractivity contribution in [2.75, 3.05) is 39.2 Å². The van der Waals surface area contributed by atoms with Gasteiger partial charge in [-0.3, -0.25) is 4.90 Å². The fraction of sp³-hybridized carbons (Fsp3) is 0.500. The van der Waals surface area contributed by atoms with Crippen molar-refractivity contribution in [3.63, 3.8) is 0 Å². The number of halogens is 1. The highest BCUT2D eigenvalue weighted by Gasteiger charge is 2.20. The van der Waals surface area contributed by atoms with Crippen molar-refractivity contribution in [3.8, 4) is 23.8 Å². The van der Waals surface area contributed by atoms with E-state index < -0.39 is 0 Å².